The van der Waals surface area contributed by atoms with E-state index < -0.39 is 17.6 Å². The molecular formula is C16H13F2N3OS. The van der Waals surface area contributed by atoms with E-state index in [0.29, 0.717) is 10.6 Å². The number of aliphatic imine (C=N–C) groups is 1. The summed E-state index contributed by atoms with van der Waals surface area (Å²) in [6, 6.07) is 3.11. The molecule has 0 N–H and O–H groups in total. The summed E-state index contributed by atoms with van der Waals surface area (Å²) in [5, 5.41) is 6.43. The molecule has 0 fully saturated rings. The Bertz CT molecular complexity index is 773. The molecule has 23 heavy (non-hydrogen) atoms. The van der Waals surface area contributed by atoms with Crippen molar-refractivity contribution in [3.05, 3.63) is 54.1 Å². The second-order valence-electron chi connectivity index (χ2n) is 5.25. The van der Waals surface area contributed by atoms with Crippen molar-refractivity contribution in [2.24, 2.45) is 16.0 Å². The molecule has 2 aliphatic rings. The number of hydrogen-bond donors (Lipinski definition) is 0. The van der Waals surface area contributed by atoms with E-state index in [0.717, 1.165) is 17.8 Å². The SMILES string of the molecule is C=C(C)C1C(=O)N=CN2N=C(Sc3ccc(F)cc3F)C=CC12. The average molecular weight is 333 g/mol. The van der Waals surface area contributed by atoms with Crippen LogP contribution in [0.15, 0.2) is 57.5 Å². The first-order valence-electron chi connectivity index (χ1n) is 6.87. The van der Waals surface area contributed by atoms with Gasteiger partial charge in [0.1, 0.15) is 23.0 Å². The van der Waals surface area contributed by atoms with Crippen molar-refractivity contribution in [1.29, 1.82) is 0 Å². The van der Waals surface area contributed by atoms with E-state index in [9.17, 15) is 13.6 Å². The topological polar surface area (TPSA) is 45.0 Å². The number of carbonyl (C=O) groups excluding carboxylic acids is 1. The standard InChI is InChI=1S/C16H13F2N3OS/c1-9(2)15-12-4-6-14(20-21(12)8-19-16(15)22)23-13-5-3-10(17)7-11(13)18/h3-8,12,15H,1H2,2H3. The van der Waals surface area contributed by atoms with Crippen LogP contribution in [-0.4, -0.2) is 28.3 Å². The van der Waals surface area contributed by atoms with Gasteiger partial charge in [0, 0.05) is 11.0 Å². The number of fused-ring (bicyclic) bond motifs is 1. The Balaban J connectivity index is 1.84. The predicted molar refractivity (Wildman–Crippen MR) is 86.2 cm³/mol. The second kappa shape index (κ2) is 6.08. The first-order chi connectivity index (χ1) is 11.0. The van der Waals surface area contributed by atoms with Gasteiger partial charge in [-0.1, -0.05) is 30.0 Å². The van der Waals surface area contributed by atoms with E-state index in [4.69, 9.17) is 0 Å². The predicted octanol–water partition coefficient (Wildman–Crippen LogP) is 3.37. The lowest BCUT2D eigenvalue weighted by atomic mass is 9.90. The molecule has 2 unspecified atom stereocenters. The maximum absolute atomic E-state index is 13.7. The number of carbonyl (C=O) groups is 1. The van der Waals surface area contributed by atoms with Crippen molar-refractivity contribution in [3.63, 3.8) is 0 Å². The third-order valence-electron chi connectivity index (χ3n) is 3.51. The highest BCUT2D eigenvalue weighted by atomic mass is 32.2. The van der Waals surface area contributed by atoms with Gasteiger partial charge in [0.2, 0.25) is 0 Å². The van der Waals surface area contributed by atoms with Crippen LogP contribution in [0.2, 0.25) is 0 Å². The van der Waals surface area contributed by atoms with Crippen LogP contribution >= 0.6 is 11.8 Å². The van der Waals surface area contributed by atoms with Gasteiger partial charge in [0.25, 0.3) is 5.91 Å². The smallest absolute Gasteiger partial charge is 0.256 e. The van der Waals surface area contributed by atoms with Gasteiger partial charge < -0.3 is 0 Å². The number of hydrazone groups is 1. The third kappa shape index (κ3) is 3.10. The number of rotatable bonds is 2. The van der Waals surface area contributed by atoms with Gasteiger partial charge in [-0.2, -0.15) is 5.10 Å². The summed E-state index contributed by atoms with van der Waals surface area (Å²) in [6.07, 6.45) is 4.90. The zero-order valence-corrected chi connectivity index (χ0v) is 13.1. The molecule has 1 amide bonds. The van der Waals surface area contributed by atoms with E-state index in [2.05, 4.69) is 16.7 Å². The number of halogens is 2. The quantitative estimate of drug-likeness (QED) is 0.780. The Morgan fingerprint density at radius 1 is 1.39 bits per heavy atom. The molecule has 0 radical (unpaired) electrons. The van der Waals surface area contributed by atoms with Gasteiger partial charge in [-0.3, -0.25) is 4.79 Å². The minimum absolute atomic E-state index is 0.251. The van der Waals surface area contributed by atoms with Crippen LogP contribution in [0.25, 0.3) is 0 Å². The van der Waals surface area contributed by atoms with E-state index in [1.807, 2.05) is 6.08 Å². The Labute approximate surface area is 136 Å². The fourth-order valence-corrected chi connectivity index (χ4v) is 3.22. The molecule has 3 rings (SSSR count). The fourth-order valence-electron chi connectivity index (χ4n) is 2.42. The molecule has 4 nitrogen and oxygen atoms in total. The van der Waals surface area contributed by atoms with Gasteiger partial charge in [0.05, 0.1) is 12.0 Å². The average Bonchev–Trinajstić information content (AvgIpc) is 2.49. The van der Waals surface area contributed by atoms with Crippen molar-refractivity contribution in [2.45, 2.75) is 17.9 Å². The summed E-state index contributed by atoms with van der Waals surface area (Å²) in [7, 11) is 0. The molecule has 2 heterocycles. The number of nitrogens with zero attached hydrogens (tertiary/aromatic N) is 3. The van der Waals surface area contributed by atoms with Crippen molar-refractivity contribution in [1.82, 2.24) is 5.01 Å². The molecule has 7 heteroatoms. The van der Waals surface area contributed by atoms with Crippen molar-refractivity contribution in [2.75, 3.05) is 0 Å². The van der Waals surface area contributed by atoms with Crippen molar-refractivity contribution in [3.8, 4) is 0 Å². The second-order valence-corrected chi connectivity index (χ2v) is 6.31. The molecule has 2 aliphatic heterocycles. The van der Waals surface area contributed by atoms with Gasteiger partial charge in [-0.15, -0.1) is 0 Å². The first-order valence-corrected chi connectivity index (χ1v) is 7.69. The zero-order chi connectivity index (χ0) is 16.6. The monoisotopic (exact) mass is 333 g/mol. The maximum atomic E-state index is 13.7. The summed E-state index contributed by atoms with van der Waals surface area (Å²) in [5.74, 6) is -1.97. The number of benzene rings is 1. The van der Waals surface area contributed by atoms with Crippen molar-refractivity contribution < 1.29 is 13.6 Å². The molecule has 2 atom stereocenters. The minimum Gasteiger partial charge on any atom is -0.272 e. The van der Waals surface area contributed by atoms with Gasteiger partial charge in [-0.05, 0) is 25.1 Å². The highest BCUT2D eigenvalue weighted by molar-refractivity contribution is 8.14. The number of thioether (sulfide) groups is 1. The highest BCUT2D eigenvalue weighted by Gasteiger charge is 2.35. The summed E-state index contributed by atoms with van der Waals surface area (Å²) in [6.45, 7) is 5.61. The minimum atomic E-state index is -0.643. The zero-order valence-electron chi connectivity index (χ0n) is 12.2. The summed E-state index contributed by atoms with van der Waals surface area (Å²) < 4.78 is 26.7. The molecule has 0 aliphatic carbocycles. The van der Waals surface area contributed by atoms with Crippen LogP contribution < -0.4 is 0 Å². The van der Waals surface area contributed by atoms with E-state index in [-0.39, 0.29) is 16.8 Å². The van der Waals surface area contributed by atoms with Crippen LogP contribution in [0.4, 0.5) is 8.78 Å². The van der Waals surface area contributed by atoms with E-state index >= 15 is 0 Å². The molecule has 0 aromatic heterocycles. The number of hydrogen-bond acceptors (Lipinski definition) is 4. The Hall–Kier alpha value is -2.28. The summed E-state index contributed by atoms with van der Waals surface area (Å²) in [5.41, 5.74) is 0.711. The Kier molecular flexibility index (Phi) is 4.12. The maximum Gasteiger partial charge on any atom is 0.256 e. The van der Waals surface area contributed by atoms with Gasteiger partial charge in [-0.25, -0.2) is 18.8 Å². The Morgan fingerprint density at radius 2 is 2.17 bits per heavy atom. The number of amides is 1. The molecule has 0 spiro atoms. The lowest BCUT2D eigenvalue weighted by molar-refractivity contribution is -0.122. The third-order valence-corrected chi connectivity index (χ3v) is 4.48. The van der Waals surface area contributed by atoms with Crippen molar-refractivity contribution >= 4 is 29.1 Å². The van der Waals surface area contributed by atoms with Crippen LogP contribution in [0, 0.1) is 17.6 Å². The van der Waals surface area contributed by atoms with Crippen LogP contribution in [-0.2, 0) is 4.79 Å². The molecular weight excluding hydrogens is 320 g/mol. The van der Waals surface area contributed by atoms with Crippen LogP contribution in [0.3, 0.4) is 0 Å². The molecule has 1 aromatic carbocycles. The summed E-state index contributed by atoms with van der Waals surface area (Å²) in [4.78, 5) is 16.0. The molecule has 118 valence electrons. The molecule has 0 saturated carbocycles. The van der Waals surface area contributed by atoms with Gasteiger partial charge >= 0.3 is 0 Å². The molecule has 0 bridgehead atoms. The Morgan fingerprint density at radius 3 is 2.87 bits per heavy atom. The van der Waals surface area contributed by atoms with E-state index in [1.54, 1.807) is 18.0 Å². The largest absolute Gasteiger partial charge is 0.272 e. The van der Waals surface area contributed by atoms with E-state index in [1.165, 1.54) is 18.5 Å². The first kappa shape index (κ1) is 15.6. The lowest BCUT2D eigenvalue weighted by Gasteiger charge is -2.34. The normalized spacial score (nSPS) is 22.8. The fraction of sp³-hybridized carbons (Fsp3) is 0.188. The van der Waals surface area contributed by atoms with Gasteiger partial charge in [0.15, 0.2) is 0 Å². The van der Waals surface area contributed by atoms with Crippen LogP contribution in [0.5, 0.6) is 0 Å². The van der Waals surface area contributed by atoms with Crippen LogP contribution in [0.1, 0.15) is 6.92 Å². The summed E-state index contributed by atoms with van der Waals surface area (Å²) >= 11 is 1.08. The molecule has 1 aromatic rings. The molecule has 0 saturated heterocycles. The highest BCUT2D eigenvalue weighted by Crippen LogP contribution is 2.30. The lowest BCUT2D eigenvalue weighted by Crippen LogP contribution is -2.44.